The minimum atomic E-state index is -4.25. The van der Waals surface area contributed by atoms with Crippen LogP contribution in [0.4, 0.5) is 22.7 Å². The zero-order valence-corrected chi connectivity index (χ0v) is 19.0. The lowest BCUT2D eigenvalue weighted by atomic mass is 10.2. The Morgan fingerprint density at radius 1 is 0.774 bits per heavy atom. The van der Waals surface area contributed by atoms with E-state index in [1.807, 2.05) is 11.8 Å². The number of hydrogen-bond acceptors (Lipinski definition) is 5. The summed E-state index contributed by atoms with van der Waals surface area (Å²) in [6.07, 6.45) is 0. The summed E-state index contributed by atoms with van der Waals surface area (Å²) >= 11 is 1.86. The highest BCUT2D eigenvalue weighted by atomic mass is 32.2. The molecule has 4 rings (SSSR count). The third kappa shape index (κ3) is 6.32. The third-order valence-electron chi connectivity index (χ3n) is 4.64. The van der Waals surface area contributed by atoms with Crippen LogP contribution < -0.4 is 15.1 Å². The van der Waals surface area contributed by atoms with E-state index in [-0.39, 0.29) is 12.3 Å². The molecule has 31 heavy (non-hydrogen) atoms. The van der Waals surface area contributed by atoms with Crippen molar-refractivity contribution in [1.82, 2.24) is 0 Å². The average Bonchev–Trinajstić information content (AvgIpc) is 2.71. The highest BCUT2D eigenvalue weighted by molar-refractivity contribution is 7.99. The van der Waals surface area contributed by atoms with E-state index in [4.69, 9.17) is 0 Å². The zero-order chi connectivity index (χ0) is 21.9. The van der Waals surface area contributed by atoms with E-state index in [9.17, 15) is 13.0 Å². The van der Waals surface area contributed by atoms with Crippen LogP contribution in [0.1, 0.15) is 7.43 Å². The maximum Gasteiger partial charge on any atom is 0.132 e. The van der Waals surface area contributed by atoms with Crippen LogP contribution in [-0.4, -0.2) is 41.2 Å². The van der Waals surface area contributed by atoms with Crippen LogP contribution in [0.2, 0.25) is 0 Å². The van der Waals surface area contributed by atoms with Gasteiger partial charge in [-0.3, -0.25) is 0 Å². The Morgan fingerprint density at radius 3 is 1.58 bits per heavy atom. The minimum Gasteiger partial charge on any atom is -0.744 e. The van der Waals surface area contributed by atoms with Crippen molar-refractivity contribution in [2.24, 2.45) is 0 Å². The molecule has 0 saturated carbocycles. The Morgan fingerprint density at radius 2 is 1.23 bits per heavy atom. The number of rotatable bonds is 3. The molecule has 3 aromatic carbocycles. The molecular formula is C23H30N3O3S2+. The first-order chi connectivity index (χ1) is 14.1. The Kier molecular flexibility index (Phi) is 8.27. The van der Waals surface area contributed by atoms with E-state index in [0.717, 1.165) is 0 Å². The van der Waals surface area contributed by atoms with Crippen molar-refractivity contribution in [3.8, 4) is 0 Å². The monoisotopic (exact) mass is 460 g/mol. The van der Waals surface area contributed by atoms with Crippen molar-refractivity contribution in [1.29, 1.82) is 0 Å². The molecule has 0 unspecified atom stereocenters. The first kappa shape index (κ1) is 24.9. The van der Waals surface area contributed by atoms with Crippen LogP contribution in [0.5, 0.6) is 0 Å². The van der Waals surface area contributed by atoms with E-state index in [1.165, 1.54) is 66.6 Å². The lowest BCUT2D eigenvalue weighted by Crippen LogP contribution is -3.00. The fourth-order valence-corrected chi connectivity index (χ4v) is 4.45. The maximum absolute atomic E-state index is 10.3. The second kappa shape index (κ2) is 10.3. The van der Waals surface area contributed by atoms with Gasteiger partial charge in [0, 0.05) is 34.1 Å². The molecule has 0 radical (unpaired) electrons. The summed E-state index contributed by atoms with van der Waals surface area (Å²) in [6.45, 7) is 0. The fraction of sp³-hybridized carbons (Fsp3) is 0.217. The van der Waals surface area contributed by atoms with Crippen LogP contribution in [-0.2, 0) is 10.1 Å². The smallest absolute Gasteiger partial charge is 0.132 e. The molecule has 6 nitrogen and oxygen atoms in total. The van der Waals surface area contributed by atoms with Gasteiger partial charge in [-0.15, -0.1) is 0 Å². The van der Waals surface area contributed by atoms with Crippen LogP contribution in [0, 0.1) is 0 Å². The normalized spacial score (nSPS) is 12.1. The van der Waals surface area contributed by atoms with E-state index in [2.05, 4.69) is 69.9 Å². The van der Waals surface area contributed by atoms with Gasteiger partial charge in [0.2, 0.25) is 0 Å². The maximum atomic E-state index is 10.3. The molecule has 1 aliphatic rings. The number of benzene rings is 3. The molecule has 0 fully saturated rings. The Hall–Kier alpha value is -2.36. The van der Waals surface area contributed by atoms with E-state index < -0.39 is 10.1 Å². The lowest BCUT2D eigenvalue weighted by Gasteiger charge is -2.22. The fourth-order valence-electron chi connectivity index (χ4n) is 2.89. The number of fused-ring (bicyclic) bond motifs is 2. The minimum absolute atomic E-state index is 0. The van der Waals surface area contributed by atoms with Gasteiger partial charge >= 0.3 is 0 Å². The van der Waals surface area contributed by atoms with Gasteiger partial charge in [0.1, 0.15) is 21.5 Å². The molecule has 1 heterocycles. The first-order valence-corrected chi connectivity index (χ1v) is 11.7. The van der Waals surface area contributed by atoms with Crippen molar-refractivity contribution >= 4 is 44.6 Å². The number of anilines is 2. The van der Waals surface area contributed by atoms with Gasteiger partial charge in [0.05, 0.1) is 44.5 Å². The van der Waals surface area contributed by atoms with Crippen LogP contribution in [0.3, 0.4) is 0 Å². The summed E-state index contributed by atoms with van der Waals surface area (Å²) in [5.74, 6) is 0. The number of quaternary nitrogens is 2. The quantitative estimate of drug-likeness (QED) is 0.410. The predicted octanol–water partition coefficient (Wildman–Crippen LogP) is 2.67. The highest BCUT2D eigenvalue weighted by Crippen LogP contribution is 2.45. The average molecular weight is 461 g/mol. The van der Waals surface area contributed by atoms with Crippen LogP contribution >= 0.6 is 11.8 Å². The molecule has 0 aromatic heterocycles. The van der Waals surface area contributed by atoms with Crippen molar-refractivity contribution < 1.29 is 22.8 Å². The molecule has 1 aliphatic heterocycles. The highest BCUT2D eigenvalue weighted by Gasteiger charge is 2.19. The molecule has 8 heteroatoms. The summed E-state index contributed by atoms with van der Waals surface area (Å²) in [5, 5.41) is 3.53. The van der Waals surface area contributed by atoms with Crippen LogP contribution in [0.25, 0.3) is 0 Å². The number of nitrogens with one attached hydrogen (secondary N) is 3. The largest absolute Gasteiger partial charge is 0.744 e. The van der Waals surface area contributed by atoms with Crippen molar-refractivity contribution in [3.05, 3.63) is 66.7 Å². The van der Waals surface area contributed by atoms with Gasteiger partial charge in [-0.2, -0.15) is 0 Å². The molecule has 0 atom stereocenters. The van der Waals surface area contributed by atoms with Crippen LogP contribution in [0.15, 0.2) is 81.4 Å². The standard InChI is InChI=1S/C16H19N3S.C6H6O3S.CH4/c1-18(2)11-5-7-13-15(9-11)20-16-10-12(19(3)4)6-8-14(16)17-13;7-10(8,9)6-4-2-1-3-5-6;/h5-10,17H,1-4H3;1-5H,(H,7,8,9);1H4/p+1. The molecular weight excluding hydrogens is 430 g/mol. The van der Waals surface area contributed by atoms with Gasteiger partial charge in [0.25, 0.3) is 0 Å². The summed E-state index contributed by atoms with van der Waals surface area (Å²) in [4.78, 5) is 5.13. The number of hydrogen-bond donors (Lipinski definition) is 3. The summed E-state index contributed by atoms with van der Waals surface area (Å²) in [5.41, 5.74) is 5.04. The predicted molar refractivity (Wildman–Crippen MR) is 126 cm³/mol. The molecule has 0 saturated heterocycles. The van der Waals surface area contributed by atoms with Gasteiger partial charge < -0.3 is 19.7 Å². The van der Waals surface area contributed by atoms with E-state index in [1.54, 1.807) is 6.07 Å². The van der Waals surface area contributed by atoms with Gasteiger partial charge in [-0.05, 0) is 24.3 Å². The van der Waals surface area contributed by atoms with Gasteiger partial charge in [0.15, 0.2) is 0 Å². The Bertz CT molecular complexity index is 1080. The van der Waals surface area contributed by atoms with Gasteiger partial charge in [-0.1, -0.05) is 37.4 Å². The third-order valence-corrected chi connectivity index (χ3v) is 6.60. The van der Waals surface area contributed by atoms with Crippen molar-refractivity contribution in [2.75, 3.05) is 33.5 Å². The summed E-state index contributed by atoms with van der Waals surface area (Å²) in [6, 6.07) is 20.5. The second-order valence-electron chi connectivity index (χ2n) is 7.42. The van der Waals surface area contributed by atoms with E-state index in [0.29, 0.717) is 0 Å². The Labute approximate surface area is 189 Å². The topological polar surface area (TPSA) is 78.1 Å². The first-order valence-electron chi connectivity index (χ1n) is 9.50. The zero-order valence-electron chi connectivity index (χ0n) is 17.4. The molecule has 3 N–H and O–H groups in total. The molecule has 0 aliphatic carbocycles. The lowest BCUT2D eigenvalue weighted by molar-refractivity contribution is -0.786. The SMILES string of the molecule is C.C[NH+](C)c1ccc2c(c1)Sc1cc([NH+](C)C)ccc1N2.O=S(=O)([O-])c1ccccc1. The molecule has 166 valence electrons. The molecule has 0 spiro atoms. The van der Waals surface area contributed by atoms with Gasteiger partial charge in [-0.25, -0.2) is 8.42 Å². The molecule has 3 aromatic rings. The second-order valence-corrected chi connectivity index (χ2v) is 9.88. The van der Waals surface area contributed by atoms with Crippen molar-refractivity contribution in [2.45, 2.75) is 22.1 Å². The Balaban J connectivity index is 0.000000264. The molecule has 0 bridgehead atoms. The molecule has 0 amide bonds. The summed E-state index contributed by atoms with van der Waals surface area (Å²) in [7, 11) is 4.37. The van der Waals surface area contributed by atoms with Crippen molar-refractivity contribution in [3.63, 3.8) is 0 Å². The summed E-state index contributed by atoms with van der Waals surface area (Å²) < 4.78 is 30.8. The van der Waals surface area contributed by atoms with E-state index >= 15 is 0 Å².